The summed E-state index contributed by atoms with van der Waals surface area (Å²) < 4.78 is 0. The third-order valence-corrected chi connectivity index (χ3v) is 4.97. The molecule has 2 aromatic rings. The van der Waals surface area contributed by atoms with Gasteiger partial charge < -0.3 is 10.4 Å². The predicted molar refractivity (Wildman–Crippen MR) is 86.4 cm³/mol. The van der Waals surface area contributed by atoms with E-state index in [2.05, 4.69) is 5.32 Å². The van der Waals surface area contributed by atoms with Gasteiger partial charge in [0.1, 0.15) is 0 Å². The molecule has 1 aliphatic rings. The number of carbonyl (C=O) groups excluding carboxylic acids is 1. The number of rotatable bonds is 3. The SMILES string of the molecule is O=C(O)c1ccccc1S[C@@H]1CCc2ccccc2NC1=O. The van der Waals surface area contributed by atoms with E-state index in [0.717, 1.165) is 17.7 Å². The van der Waals surface area contributed by atoms with Crippen LogP contribution in [0.1, 0.15) is 22.3 Å². The van der Waals surface area contributed by atoms with Crippen molar-refractivity contribution in [3.8, 4) is 0 Å². The largest absolute Gasteiger partial charge is 0.478 e. The van der Waals surface area contributed by atoms with Crippen LogP contribution in [0.25, 0.3) is 0 Å². The van der Waals surface area contributed by atoms with Crippen LogP contribution in [0.15, 0.2) is 53.4 Å². The molecular formula is C17H15NO3S. The molecule has 112 valence electrons. The predicted octanol–water partition coefficient (Wildman–Crippen LogP) is 3.43. The standard InChI is InChI=1S/C17H15NO3S/c19-16-15(10-9-11-5-1-3-7-13(11)18-16)22-14-8-4-2-6-12(14)17(20)21/h1-8,15H,9-10H2,(H,18,19)(H,20,21)/t15-/m1/s1. The molecular weight excluding hydrogens is 298 g/mol. The first kappa shape index (κ1) is 14.7. The average molecular weight is 313 g/mol. The van der Waals surface area contributed by atoms with Crippen molar-refractivity contribution in [2.24, 2.45) is 0 Å². The van der Waals surface area contributed by atoms with Crippen LogP contribution < -0.4 is 5.32 Å². The number of thioether (sulfide) groups is 1. The van der Waals surface area contributed by atoms with Gasteiger partial charge >= 0.3 is 5.97 Å². The first-order chi connectivity index (χ1) is 10.6. The van der Waals surface area contributed by atoms with Crippen molar-refractivity contribution in [1.29, 1.82) is 0 Å². The van der Waals surface area contributed by atoms with Crippen molar-refractivity contribution in [3.63, 3.8) is 0 Å². The molecule has 3 rings (SSSR count). The van der Waals surface area contributed by atoms with Gasteiger partial charge in [-0.05, 0) is 36.6 Å². The molecule has 1 amide bonds. The maximum Gasteiger partial charge on any atom is 0.336 e. The summed E-state index contributed by atoms with van der Waals surface area (Å²) in [5, 5.41) is 11.9. The van der Waals surface area contributed by atoms with Crippen molar-refractivity contribution in [2.75, 3.05) is 5.32 Å². The number of aryl methyl sites for hydroxylation is 1. The molecule has 0 spiro atoms. The Bertz CT molecular complexity index is 729. The molecule has 2 aromatic carbocycles. The van der Waals surface area contributed by atoms with Crippen LogP contribution in [-0.2, 0) is 11.2 Å². The molecule has 4 nitrogen and oxygen atoms in total. The van der Waals surface area contributed by atoms with E-state index in [4.69, 9.17) is 0 Å². The highest BCUT2D eigenvalue weighted by Gasteiger charge is 2.25. The van der Waals surface area contributed by atoms with Gasteiger partial charge in [-0.1, -0.05) is 30.3 Å². The second-order valence-corrected chi connectivity index (χ2v) is 6.34. The third kappa shape index (κ3) is 2.99. The fraction of sp³-hybridized carbons (Fsp3) is 0.176. The summed E-state index contributed by atoms with van der Waals surface area (Å²) in [6, 6.07) is 14.5. The first-order valence-electron chi connectivity index (χ1n) is 7.03. The lowest BCUT2D eigenvalue weighted by Crippen LogP contribution is -2.23. The molecule has 1 aliphatic heterocycles. The zero-order valence-electron chi connectivity index (χ0n) is 11.8. The average Bonchev–Trinajstić information content (AvgIpc) is 2.67. The molecule has 5 heteroatoms. The van der Waals surface area contributed by atoms with Crippen LogP contribution in [-0.4, -0.2) is 22.2 Å². The zero-order valence-corrected chi connectivity index (χ0v) is 12.6. The number of carboxylic acids is 1. The van der Waals surface area contributed by atoms with Gasteiger partial charge in [0, 0.05) is 10.6 Å². The van der Waals surface area contributed by atoms with Crippen LogP contribution in [0.5, 0.6) is 0 Å². The van der Waals surface area contributed by atoms with Gasteiger partial charge in [0.15, 0.2) is 0 Å². The molecule has 0 aliphatic carbocycles. The van der Waals surface area contributed by atoms with E-state index < -0.39 is 5.97 Å². The lowest BCUT2D eigenvalue weighted by Gasteiger charge is -2.14. The number of para-hydroxylation sites is 1. The maximum absolute atomic E-state index is 12.4. The van der Waals surface area contributed by atoms with Gasteiger partial charge in [-0.3, -0.25) is 4.79 Å². The number of nitrogens with one attached hydrogen (secondary N) is 1. The van der Waals surface area contributed by atoms with Crippen LogP contribution >= 0.6 is 11.8 Å². The second-order valence-electron chi connectivity index (χ2n) is 5.09. The summed E-state index contributed by atoms with van der Waals surface area (Å²) in [6.07, 6.45) is 1.48. The maximum atomic E-state index is 12.4. The Balaban J connectivity index is 1.83. The minimum atomic E-state index is -0.972. The normalized spacial score (nSPS) is 17.3. The molecule has 0 saturated carbocycles. The van der Waals surface area contributed by atoms with Crippen LogP contribution in [0.3, 0.4) is 0 Å². The molecule has 2 N–H and O–H groups in total. The number of hydrogen-bond acceptors (Lipinski definition) is 3. The van der Waals surface area contributed by atoms with E-state index in [0.29, 0.717) is 11.3 Å². The number of amides is 1. The number of carbonyl (C=O) groups is 2. The van der Waals surface area contributed by atoms with E-state index in [1.165, 1.54) is 11.8 Å². The smallest absolute Gasteiger partial charge is 0.336 e. The quantitative estimate of drug-likeness (QED) is 0.911. The highest BCUT2D eigenvalue weighted by Crippen LogP contribution is 2.33. The van der Waals surface area contributed by atoms with Gasteiger partial charge in [-0.2, -0.15) is 0 Å². The number of hydrogen-bond donors (Lipinski definition) is 2. The fourth-order valence-corrected chi connectivity index (χ4v) is 3.65. The third-order valence-electron chi connectivity index (χ3n) is 3.63. The minimum Gasteiger partial charge on any atom is -0.478 e. The van der Waals surface area contributed by atoms with E-state index in [1.807, 2.05) is 24.3 Å². The fourth-order valence-electron chi connectivity index (χ4n) is 2.50. The summed E-state index contributed by atoms with van der Waals surface area (Å²) in [5.41, 5.74) is 2.20. The summed E-state index contributed by atoms with van der Waals surface area (Å²) in [7, 11) is 0. The number of carboxylic acid groups (broad SMARTS) is 1. The van der Waals surface area contributed by atoms with Gasteiger partial charge in [0.25, 0.3) is 0 Å². The Hall–Kier alpha value is -2.27. The Morgan fingerprint density at radius 1 is 1.14 bits per heavy atom. The number of aromatic carboxylic acids is 1. The van der Waals surface area contributed by atoms with Crippen molar-refractivity contribution in [1.82, 2.24) is 0 Å². The Morgan fingerprint density at radius 2 is 1.86 bits per heavy atom. The number of anilines is 1. The lowest BCUT2D eigenvalue weighted by atomic mass is 10.1. The highest BCUT2D eigenvalue weighted by atomic mass is 32.2. The highest BCUT2D eigenvalue weighted by molar-refractivity contribution is 8.00. The molecule has 22 heavy (non-hydrogen) atoms. The van der Waals surface area contributed by atoms with Gasteiger partial charge in [0.05, 0.1) is 10.8 Å². The Labute approximate surface area is 132 Å². The molecule has 0 fully saturated rings. The molecule has 0 aromatic heterocycles. The number of benzene rings is 2. The summed E-state index contributed by atoms with van der Waals surface area (Å²) in [6.45, 7) is 0. The van der Waals surface area contributed by atoms with Crippen LogP contribution in [0.4, 0.5) is 5.69 Å². The first-order valence-corrected chi connectivity index (χ1v) is 7.91. The van der Waals surface area contributed by atoms with Crippen molar-refractivity contribution < 1.29 is 14.7 Å². The summed E-state index contributed by atoms with van der Waals surface area (Å²) in [5.74, 6) is -1.05. The lowest BCUT2D eigenvalue weighted by molar-refractivity contribution is -0.115. The molecule has 1 heterocycles. The van der Waals surface area contributed by atoms with Crippen LogP contribution in [0.2, 0.25) is 0 Å². The molecule has 0 unspecified atom stereocenters. The molecule has 0 saturated heterocycles. The van der Waals surface area contributed by atoms with E-state index in [9.17, 15) is 14.7 Å². The monoisotopic (exact) mass is 313 g/mol. The van der Waals surface area contributed by atoms with Gasteiger partial charge in [0.2, 0.25) is 5.91 Å². The van der Waals surface area contributed by atoms with Crippen molar-refractivity contribution in [3.05, 3.63) is 59.7 Å². The molecule has 0 bridgehead atoms. The zero-order chi connectivity index (χ0) is 15.5. The van der Waals surface area contributed by atoms with E-state index >= 15 is 0 Å². The molecule has 1 atom stereocenters. The Kier molecular flexibility index (Phi) is 4.15. The summed E-state index contributed by atoms with van der Waals surface area (Å²) in [4.78, 5) is 24.3. The second kappa shape index (κ2) is 6.23. The number of fused-ring (bicyclic) bond motifs is 1. The van der Waals surface area contributed by atoms with E-state index in [-0.39, 0.29) is 16.7 Å². The minimum absolute atomic E-state index is 0.0739. The topological polar surface area (TPSA) is 66.4 Å². The Morgan fingerprint density at radius 3 is 2.68 bits per heavy atom. The van der Waals surface area contributed by atoms with Crippen molar-refractivity contribution in [2.45, 2.75) is 23.0 Å². The molecule has 0 radical (unpaired) electrons. The van der Waals surface area contributed by atoms with Crippen molar-refractivity contribution >= 4 is 29.3 Å². The summed E-state index contributed by atoms with van der Waals surface area (Å²) >= 11 is 1.32. The van der Waals surface area contributed by atoms with E-state index in [1.54, 1.807) is 24.3 Å². The van der Waals surface area contributed by atoms with Crippen LogP contribution in [0, 0.1) is 0 Å². The van der Waals surface area contributed by atoms with Gasteiger partial charge in [-0.15, -0.1) is 11.8 Å². The van der Waals surface area contributed by atoms with Gasteiger partial charge in [-0.25, -0.2) is 4.79 Å².